The van der Waals surface area contributed by atoms with Crippen LogP contribution < -0.4 is 5.73 Å². The summed E-state index contributed by atoms with van der Waals surface area (Å²) in [5.41, 5.74) is 9.27. The molecule has 0 saturated heterocycles. The summed E-state index contributed by atoms with van der Waals surface area (Å²) >= 11 is 6.05. The van der Waals surface area contributed by atoms with Crippen LogP contribution in [0.4, 0.5) is 0 Å². The molecule has 15 heavy (non-hydrogen) atoms. The molecule has 2 rings (SSSR count). The second-order valence-corrected chi connectivity index (χ2v) is 4.89. The smallest absolute Gasteiger partial charge is 0.134 e. The van der Waals surface area contributed by atoms with Gasteiger partial charge in [0.15, 0.2) is 0 Å². The predicted octanol–water partition coefficient (Wildman–Crippen LogP) is 2.65. The Balaban J connectivity index is 2.62. The molecule has 0 spiro atoms. The van der Waals surface area contributed by atoms with E-state index in [1.165, 1.54) is 5.56 Å². The molecular formula is C12H16ClNO. The summed E-state index contributed by atoms with van der Waals surface area (Å²) in [6.07, 6.45) is 2.26. The second kappa shape index (κ2) is 3.39. The lowest BCUT2D eigenvalue weighted by atomic mass is 9.88. The Morgan fingerprint density at radius 3 is 2.53 bits per heavy atom. The van der Waals surface area contributed by atoms with E-state index in [0.29, 0.717) is 11.6 Å². The number of halogens is 1. The molecule has 3 N–H and O–H groups in total. The van der Waals surface area contributed by atoms with Crippen LogP contribution in [0.2, 0.25) is 5.02 Å². The average Bonchev–Trinajstić information content (AvgIpc) is 2.96. The number of hydrogen-bond donors (Lipinski definition) is 2. The van der Waals surface area contributed by atoms with E-state index < -0.39 is 0 Å². The van der Waals surface area contributed by atoms with Crippen LogP contribution in [-0.4, -0.2) is 11.7 Å². The summed E-state index contributed by atoms with van der Waals surface area (Å²) in [6.45, 7) is 4.63. The molecule has 0 unspecified atom stereocenters. The number of phenolic OH excluding ortho intramolecular Hbond substituents is 1. The van der Waals surface area contributed by atoms with Crippen molar-refractivity contribution < 1.29 is 5.11 Å². The molecule has 2 nitrogen and oxygen atoms in total. The fraction of sp³-hybridized carbons (Fsp3) is 0.500. The number of aromatic hydroxyl groups is 1. The van der Waals surface area contributed by atoms with E-state index in [1.54, 1.807) is 6.07 Å². The summed E-state index contributed by atoms with van der Waals surface area (Å²) in [4.78, 5) is 0. The van der Waals surface area contributed by atoms with Gasteiger partial charge in [0.2, 0.25) is 0 Å². The van der Waals surface area contributed by atoms with Gasteiger partial charge in [0.05, 0.1) is 5.02 Å². The molecule has 1 aliphatic rings. The van der Waals surface area contributed by atoms with Crippen LogP contribution in [0.1, 0.15) is 29.5 Å². The molecule has 0 bridgehead atoms. The van der Waals surface area contributed by atoms with Gasteiger partial charge in [-0.15, -0.1) is 0 Å². The molecule has 0 radical (unpaired) electrons. The van der Waals surface area contributed by atoms with Crippen molar-refractivity contribution in [3.05, 3.63) is 27.8 Å². The number of phenols is 1. The molecule has 0 atom stereocenters. The molecule has 1 aromatic carbocycles. The van der Waals surface area contributed by atoms with E-state index in [-0.39, 0.29) is 11.2 Å². The third-order valence-corrected chi connectivity index (χ3v) is 3.93. The van der Waals surface area contributed by atoms with Gasteiger partial charge in [0.25, 0.3) is 0 Å². The summed E-state index contributed by atoms with van der Waals surface area (Å²) in [6, 6.07) is 1.74. The molecule has 1 fully saturated rings. The van der Waals surface area contributed by atoms with E-state index in [0.717, 1.165) is 24.0 Å². The van der Waals surface area contributed by atoms with Crippen molar-refractivity contribution >= 4 is 11.6 Å². The molecule has 1 saturated carbocycles. The predicted molar refractivity (Wildman–Crippen MR) is 62.6 cm³/mol. The zero-order valence-corrected chi connectivity index (χ0v) is 9.86. The molecule has 1 aromatic rings. The topological polar surface area (TPSA) is 46.2 Å². The van der Waals surface area contributed by atoms with Gasteiger partial charge in [-0.3, -0.25) is 0 Å². The van der Waals surface area contributed by atoms with E-state index in [4.69, 9.17) is 17.3 Å². The van der Waals surface area contributed by atoms with E-state index in [2.05, 4.69) is 0 Å². The monoisotopic (exact) mass is 225 g/mol. The molecule has 0 heterocycles. The minimum Gasteiger partial charge on any atom is -0.506 e. The van der Waals surface area contributed by atoms with Gasteiger partial charge in [0, 0.05) is 12.0 Å². The summed E-state index contributed by atoms with van der Waals surface area (Å²) in [5, 5.41) is 10.1. The van der Waals surface area contributed by atoms with Crippen LogP contribution in [-0.2, 0) is 5.41 Å². The minimum atomic E-state index is 0.130. The average molecular weight is 226 g/mol. The highest BCUT2D eigenvalue weighted by molar-refractivity contribution is 6.32. The zero-order valence-electron chi connectivity index (χ0n) is 9.10. The largest absolute Gasteiger partial charge is 0.506 e. The van der Waals surface area contributed by atoms with E-state index in [9.17, 15) is 5.11 Å². The van der Waals surface area contributed by atoms with Crippen molar-refractivity contribution in [2.75, 3.05) is 6.54 Å². The highest BCUT2D eigenvalue weighted by Gasteiger charge is 2.45. The molecule has 0 amide bonds. The van der Waals surface area contributed by atoms with Crippen LogP contribution in [0.15, 0.2) is 6.07 Å². The normalized spacial score (nSPS) is 17.9. The van der Waals surface area contributed by atoms with Crippen LogP contribution in [0.25, 0.3) is 0 Å². The molecule has 82 valence electrons. The van der Waals surface area contributed by atoms with Gasteiger partial charge in [0.1, 0.15) is 5.75 Å². The number of nitrogens with two attached hydrogens (primary N) is 1. The van der Waals surface area contributed by atoms with Crippen LogP contribution in [0.3, 0.4) is 0 Å². The lowest BCUT2D eigenvalue weighted by Crippen LogP contribution is -2.22. The number of aryl methyl sites for hydroxylation is 1. The van der Waals surface area contributed by atoms with Crippen LogP contribution in [0, 0.1) is 13.8 Å². The third kappa shape index (κ3) is 1.52. The Morgan fingerprint density at radius 2 is 2.07 bits per heavy atom. The zero-order chi connectivity index (χ0) is 11.2. The highest BCUT2D eigenvalue weighted by Crippen LogP contribution is 2.51. The molecule has 3 heteroatoms. The Kier molecular flexibility index (Phi) is 2.44. The maximum Gasteiger partial charge on any atom is 0.134 e. The fourth-order valence-electron chi connectivity index (χ4n) is 2.46. The summed E-state index contributed by atoms with van der Waals surface area (Å²) < 4.78 is 0. The Bertz CT molecular complexity index is 411. The van der Waals surface area contributed by atoms with Gasteiger partial charge in [-0.1, -0.05) is 11.6 Å². The first-order chi connectivity index (χ1) is 7.02. The lowest BCUT2D eigenvalue weighted by Gasteiger charge is -2.20. The van der Waals surface area contributed by atoms with Gasteiger partial charge >= 0.3 is 0 Å². The maximum absolute atomic E-state index is 9.60. The number of hydrogen-bond acceptors (Lipinski definition) is 2. The van der Waals surface area contributed by atoms with E-state index in [1.807, 2.05) is 13.8 Å². The van der Waals surface area contributed by atoms with Gasteiger partial charge in [-0.05, 0) is 49.4 Å². The van der Waals surface area contributed by atoms with Crippen LogP contribution in [0.5, 0.6) is 5.75 Å². The van der Waals surface area contributed by atoms with E-state index >= 15 is 0 Å². The first-order valence-electron chi connectivity index (χ1n) is 5.21. The molecule has 0 aliphatic heterocycles. The van der Waals surface area contributed by atoms with Gasteiger partial charge < -0.3 is 10.8 Å². The first kappa shape index (κ1) is 10.8. The van der Waals surface area contributed by atoms with Crippen molar-refractivity contribution in [2.45, 2.75) is 32.1 Å². The summed E-state index contributed by atoms with van der Waals surface area (Å²) in [5.74, 6) is 0.170. The summed E-state index contributed by atoms with van der Waals surface area (Å²) in [7, 11) is 0. The van der Waals surface area contributed by atoms with Crippen molar-refractivity contribution in [1.29, 1.82) is 0 Å². The van der Waals surface area contributed by atoms with Gasteiger partial charge in [-0.2, -0.15) is 0 Å². The van der Waals surface area contributed by atoms with Gasteiger partial charge in [-0.25, -0.2) is 0 Å². The SMILES string of the molecule is Cc1cc(O)c(Cl)c(C)c1C1(CN)CC1. The molecule has 1 aliphatic carbocycles. The van der Waals surface area contributed by atoms with Crippen LogP contribution >= 0.6 is 11.6 Å². The standard InChI is InChI=1S/C12H16ClNO/c1-7-5-9(15)11(13)8(2)10(7)12(6-14)3-4-12/h5,15H,3-4,6,14H2,1-2H3. The molecular weight excluding hydrogens is 210 g/mol. The van der Waals surface area contributed by atoms with Crippen molar-refractivity contribution in [3.63, 3.8) is 0 Å². The highest BCUT2D eigenvalue weighted by atomic mass is 35.5. The van der Waals surface area contributed by atoms with Crippen molar-refractivity contribution in [1.82, 2.24) is 0 Å². The first-order valence-corrected chi connectivity index (χ1v) is 5.59. The Labute approximate surface area is 95.1 Å². The molecule has 0 aromatic heterocycles. The number of rotatable bonds is 2. The fourth-order valence-corrected chi connectivity index (χ4v) is 2.61. The van der Waals surface area contributed by atoms with Crippen molar-refractivity contribution in [3.8, 4) is 5.75 Å². The van der Waals surface area contributed by atoms with Crippen molar-refractivity contribution in [2.24, 2.45) is 5.73 Å². The second-order valence-electron chi connectivity index (χ2n) is 4.51. The lowest BCUT2D eigenvalue weighted by molar-refractivity contribution is 0.474. The Morgan fingerprint density at radius 1 is 1.47 bits per heavy atom. The number of benzene rings is 1. The Hall–Kier alpha value is -0.730. The third-order valence-electron chi connectivity index (χ3n) is 3.45. The maximum atomic E-state index is 9.60. The quantitative estimate of drug-likeness (QED) is 0.813. The minimum absolute atomic E-state index is 0.130.